The summed E-state index contributed by atoms with van der Waals surface area (Å²) in [5.41, 5.74) is -5.65. The number of nitrogens with one attached hydrogen (secondary N) is 1. The number of ether oxygens (including phenoxy) is 1. The molecular weight excluding hydrogens is 569 g/mol. The predicted octanol–water partition coefficient (Wildman–Crippen LogP) is 3.70. The topological polar surface area (TPSA) is 145 Å². The van der Waals surface area contributed by atoms with Gasteiger partial charge in [-0.25, -0.2) is 14.6 Å². The smallest absolute Gasteiger partial charge is 0.480 e. The summed E-state index contributed by atoms with van der Waals surface area (Å²) in [6, 6.07) is 4.70. The second kappa shape index (κ2) is 13.2. The Morgan fingerprint density at radius 3 is 2.22 bits per heavy atom. The third-order valence-corrected chi connectivity index (χ3v) is 8.10. The van der Waals surface area contributed by atoms with Crippen molar-refractivity contribution >= 4 is 39.5 Å². The summed E-state index contributed by atoms with van der Waals surface area (Å²) in [4.78, 5) is 36.0. The van der Waals surface area contributed by atoms with E-state index in [-0.39, 0.29) is 28.2 Å². The second-order valence-electron chi connectivity index (χ2n) is 9.14. The van der Waals surface area contributed by atoms with Crippen LogP contribution in [0.4, 0.5) is 35.4 Å². The Bertz CT molecular complexity index is 1320. The second-order valence-corrected chi connectivity index (χ2v) is 11.0. The molecule has 0 bridgehead atoms. The highest BCUT2D eigenvalue weighted by molar-refractivity contribution is 7.93. The fourth-order valence-corrected chi connectivity index (χ4v) is 5.25. The molecule has 2 aromatic rings. The number of rotatable bonds is 12. The molecule has 1 saturated heterocycles. The Balaban J connectivity index is 1.91. The zero-order valence-corrected chi connectivity index (χ0v) is 23.7. The van der Waals surface area contributed by atoms with E-state index in [9.17, 15) is 36.3 Å². The van der Waals surface area contributed by atoms with Crippen molar-refractivity contribution < 1.29 is 41.0 Å². The van der Waals surface area contributed by atoms with Crippen molar-refractivity contribution in [1.82, 2.24) is 14.9 Å². The van der Waals surface area contributed by atoms with E-state index >= 15 is 0 Å². The maximum absolute atomic E-state index is 13.5. The first-order valence-corrected chi connectivity index (χ1v) is 14.5. The van der Waals surface area contributed by atoms with Gasteiger partial charge in [0.25, 0.3) is 0 Å². The number of anilines is 3. The number of alkyl halides is 3. The highest BCUT2D eigenvalue weighted by Crippen LogP contribution is 2.35. The van der Waals surface area contributed by atoms with Gasteiger partial charge in [-0.05, 0) is 51.3 Å². The summed E-state index contributed by atoms with van der Waals surface area (Å²) in [5, 5.41) is 12.6. The lowest BCUT2D eigenvalue weighted by Gasteiger charge is -2.28. The molecule has 16 heteroatoms. The number of carbonyl (C=O) groups excluding carboxylic acids is 1. The molecule has 1 aromatic carbocycles. The first-order valence-electron chi connectivity index (χ1n) is 13.1. The van der Waals surface area contributed by atoms with Crippen LogP contribution >= 0.6 is 0 Å². The number of hydrogen-bond acceptors (Lipinski definition) is 9. The summed E-state index contributed by atoms with van der Waals surface area (Å²) < 4.78 is 70.4. The van der Waals surface area contributed by atoms with Crippen molar-refractivity contribution in [1.29, 1.82) is 0 Å². The van der Waals surface area contributed by atoms with Crippen molar-refractivity contribution in [3.05, 3.63) is 36.0 Å². The minimum atomic E-state index is -5.84. The third kappa shape index (κ3) is 7.48. The Labute approximate surface area is 236 Å². The van der Waals surface area contributed by atoms with Crippen LogP contribution in [0.5, 0.6) is 5.75 Å². The Morgan fingerprint density at radius 2 is 1.71 bits per heavy atom. The van der Waals surface area contributed by atoms with Gasteiger partial charge in [-0.1, -0.05) is 12.1 Å². The fourth-order valence-electron chi connectivity index (χ4n) is 4.27. The maximum Gasteiger partial charge on any atom is 0.516 e. The van der Waals surface area contributed by atoms with Gasteiger partial charge in [-0.2, -0.15) is 26.6 Å². The highest BCUT2D eigenvalue weighted by Gasteiger charge is 2.50. The molecule has 1 unspecified atom stereocenters. The molecule has 3 rings (SSSR count). The lowest BCUT2D eigenvalue weighted by molar-refractivity contribution is -0.137. The summed E-state index contributed by atoms with van der Waals surface area (Å²) in [5.74, 6) is -1.40. The fraction of sp³-hybridized carbons (Fsp3) is 0.520. The maximum atomic E-state index is 13.5. The number of hydrogen-bond donors (Lipinski definition) is 2. The lowest BCUT2D eigenvalue weighted by Crippen LogP contribution is -2.42. The van der Waals surface area contributed by atoms with Gasteiger partial charge in [0, 0.05) is 39.1 Å². The third-order valence-electron chi connectivity index (χ3n) is 6.48. The van der Waals surface area contributed by atoms with Crippen molar-refractivity contribution in [3.63, 3.8) is 0 Å². The summed E-state index contributed by atoms with van der Waals surface area (Å²) in [6.45, 7) is 6.29. The standard InChI is InChI=1S/C25H33F3N6O6S/c1-4-32(5-2)23-29-16-20(34(6-3)41(38,39)25(26,27)28)21(31-23)30-19(22(35)36)15-17-9-11-18(12-10-17)40-24(37)33-13-7-8-14-33/h9-12,16,19H,4-8,13-15H2,1-3H3,(H,35,36)(H,29,30,31). The molecule has 1 aliphatic rings. The van der Waals surface area contributed by atoms with Crippen LogP contribution in [0.3, 0.4) is 0 Å². The number of aliphatic carboxylic acids is 1. The molecule has 0 radical (unpaired) electrons. The molecule has 0 aliphatic carbocycles. The van der Waals surface area contributed by atoms with E-state index in [4.69, 9.17) is 4.74 Å². The summed E-state index contributed by atoms with van der Waals surface area (Å²) in [7, 11) is -5.84. The zero-order valence-electron chi connectivity index (χ0n) is 22.9. The number of carboxylic acid groups (broad SMARTS) is 1. The van der Waals surface area contributed by atoms with E-state index in [0.717, 1.165) is 19.0 Å². The lowest BCUT2D eigenvalue weighted by atomic mass is 10.1. The predicted molar refractivity (Wildman–Crippen MR) is 146 cm³/mol. The van der Waals surface area contributed by atoms with Crippen LogP contribution in [0.25, 0.3) is 0 Å². The van der Waals surface area contributed by atoms with Gasteiger partial charge < -0.3 is 25.0 Å². The number of halogens is 3. The number of carboxylic acids is 1. The Morgan fingerprint density at radius 1 is 1.10 bits per heavy atom. The number of benzene rings is 1. The number of carbonyl (C=O) groups is 2. The van der Waals surface area contributed by atoms with Gasteiger partial charge in [0.05, 0.1) is 6.20 Å². The molecule has 1 aromatic heterocycles. The van der Waals surface area contributed by atoms with E-state index in [1.54, 1.807) is 35.8 Å². The molecule has 1 atom stereocenters. The van der Waals surface area contributed by atoms with E-state index < -0.39 is 45.9 Å². The molecule has 0 saturated carbocycles. The molecule has 1 fully saturated rings. The molecule has 1 amide bonds. The van der Waals surface area contributed by atoms with Gasteiger partial charge >= 0.3 is 27.6 Å². The molecule has 1 aliphatic heterocycles. The number of likely N-dealkylation sites (tertiary alicyclic amines) is 1. The number of sulfonamides is 1. The molecule has 12 nitrogen and oxygen atoms in total. The van der Waals surface area contributed by atoms with E-state index in [1.165, 1.54) is 19.1 Å². The van der Waals surface area contributed by atoms with Crippen molar-refractivity contribution in [3.8, 4) is 5.75 Å². The van der Waals surface area contributed by atoms with Crippen molar-refractivity contribution in [2.45, 2.75) is 51.6 Å². The van der Waals surface area contributed by atoms with Crippen LogP contribution in [0.1, 0.15) is 39.2 Å². The van der Waals surface area contributed by atoms with Crippen LogP contribution in [0.15, 0.2) is 30.5 Å². The first kappa shape index (κ1) is 31.7. The van der Waals surface area contributed by atoms with Gasteiger partial charge in [0.1, 0.15) is 17.5 Å². The summed E-state index contributed by atoms with van der Waals surface area (Å²) in [6.07, 6.45) is 2.10. The zero-order chi connectivity index (χ0) is 30.4. The monoisotopic (exact) mass is 602 g/mol. The van der Waals surface area contributed by atoms with Crippen LogP contribution in [0.2, 0.25) is 0 Å². The normalized spacial score (nSPS) is 14.4. The molecule has 226 valence electrons. The average Bonchev–Trinajstić information content (AvgIpc) is 3.46. The number of aromatic nitrogens is 2. The molecule has 0 spiro atoms. The van der Waals surface area contributed by atoms with Crippen LogP contribution in [-0.4, -0.2) is 84.7 Å². The van der Waals surface area contributed by atoms with Crippen LogP contribution < -0.4 is 19.3 Å². The first-order chi connectivity index (χ1) is 19.3. The molecule has 2 heterocycles. The minimum absolute atomic E-state index is 0.0787. The van der Waals surface area contributed by atoms with Crippen molar-refractivity contribution in [2.75, 3.05) is 47.2 Å². The highest BCUT2D eigenvalue weighted by atomic mass is 32.2. The van der Waals surface area contributed by atoms with Gasteiger partial charge in [-0.3, -0.25) is 4.31 Å². The van der Waals surface area contributed by atoms with Crippen LogP contribution in [0, 0.1) is 0 Å². The van der Waals surface area contributed by atoms with Gasteiger partial charge in [-0.15, -0.1) is 0 Å². The van der Waals surface area contributed by atoms with E-state index in [2.05, 4.69) is 15.3 Å². The van der Waals surface area contributed by atoms with Crippen molar-refractivity contribution in [2.24, 2.45) is 0 Å². The molecule has 2 N–H and O–H groups in total. The largest absolute Gasteiger partial charge is 0.516 e. The van der Waals surface area contributed by atoms with Gasteiger partial charge in [0.2, 0.25) is 5.95 Å². The molecular formula is C25H33F3N6O6S. The number of nitrogens with zero attached hydrogens (tertiary/aromatic N) is 5. The minimum Gasteiger partial charge on any atom is -0.480 e. The Kier molecular flexibility index (Phi) is 10.2. The Hall–Kier alpha value is -3.82. The number of amides is 1. The summed E-state index contributed by atoms with van der Waals surface area (Å²) >= 11 is 0. The van der Waals surface area contributed by atoms with E-state index in [0.29, 0.717) is 31.7 Å². The SMILES string of the molecule is CCN(CC)c1ncc(N(CC)S(=O)(=O)C(F)(F)F)c(NC(Cc2ccc(OC(=O)N3CCCC3)cc2)C(=O)O)n1. The van der Waals surface area contributed by atoms with Gasteiger partial charge in [0.15, 0.2) is 5.82 Å². The average molecular weight is 603 g/mol. The van der Waals surface area contributed by atoms with Crippen LogP contribution in [-0.2, 0) is 21.2 Å². The van der Waals surface area contributed by atoms with E-state index in [1.807, 2.05) is 0 Å². The molecule has 41 heavy (non-hydrogen) atoms. The quantitative estimate of drug-likeness (QED) is 0.369.